The van der Waals surface area contributed by atoms with E-state index < -0.39 is 0 Å². The fourth-order valence-corrected chi connectivity index (χ4v) is 3.45. The maximum absolute atomic E-state index is 11.7. The summed E-state index contributed by atoms with van der Waals surface area (Å²) in [5.74, 6) is 2.44. The molecule has 1 aliphatic rings. The second kappa shape index (κ2) is 15.1. The molecule has 0 spiro atoms. The lowest BCUT2D eigenvalue weighted by molar-refractivity contribution is -0.120. The first-order chi connectivity index (χ1) is 14.6. The Morgan fingerprint density at radius 3 is 2.48 bits per heavy atom. The molecule has 2 rings (SSSR count). The Hall–Kier alpha value is -1.75. The quantitative estimate of drug-likeness (QED) is 0.224. The zero-order chi connectivity index (χ0) is 21.8. The summed E-state index contributed by atoms with van der Waals surface area (Å²) in [5, 5.41) is 9.67. The van der Waals surface area contributed by atoms with Crippen molar-refractivity contribution in [3.63, 3.8) is 0 Å². The van der Waals surface area contributed by atoms with Gasteiger partial charge in [0.15, 0.2) is 5.96 Å². The predicted molar refractivity (Wildman–Crippen MR) is 136 cm³/mol. The Balaban J connectivity index is 0.00000480. The monoisotopic (exact) mass is 547 g/mol. The van der Waals surface area contributed by atoms with E-state index in [0.717, 1.165) is 63.0 Å². The van der Waals surface area contributed by atoms with Gasteiger partial charge in [-0.25, -0.2) is 0 Å². The molecular weight excluding hydrogens is 509 g/mol. The minimum absolute atomic E-state index is 0. The summed E-state index contributed by atoms with van der Waals surface area (Å²) in [6.07, 6.45) is 2.40. The number of rotatable bonds is 11. The van der Waals surface area contributed by atoms with E-state index in [1.165, 1.54) is 5.56 Å². The van der Waals surface area contributed by atoms with Crippen LogP contribution in [-0.2, 0) is 11.3 Å². The fraction of sp³-hybridized carbons (Fsp3) is 0.636. The van der Waals surface area contributed by atoms with Crippen molar-refractivity contribution >= 4 is 35.8 Å². The number of carbonyl (C=O) groups excluding carboxylic acids is 1. The van der Waals surface area contributed by atoms with Gasteiger partial charge in [0, 0.05) is 51.3 Å². The number of carbonyl (C=O) groups is 1. The smallest absolute Gasteiger partial charge is 0.221 e. The van der Waals surface area contributed by atoms with Gasteiger partial charge in [-0.15, -0.1) is 24.0 Å². The molecule has 8 nitrogen and oxygen atoms in total. The first-order valence-electron chi connectivity index (χ1n) is 10.8. The molecule has 1 heterocycles. The van der Waals surface area contributed by atoms with E-state index in [1.54, 1.807) is 14.2 Å². The second-order valence-corrected chi connectivity index (χ2v) is 7.45. The summed E-state index contributed by atoms with van der Waals surface area (Å²) in [5.41, 5.74) is 1.17. The van der Waals surface area contributed by atoms with Crippen molar-refractivity contribution in [1.29, 1.82) is 0 Å². The topological polar surface area (TPSA) is 87.2 Å². The zero-order valence-electron chi connectivity index (χ0n) is 19.2. The van der Waals surface area contributed by atoms with Gasteiger partial charge >= 0.3 is 0 Å². The first kappa shape index (κ1) is 27.3. The number of aliphatic imine (C=N–C) groups is 1. The van der Waals surface area contributed by atoms with Crippen LogP contribution in [0.15, 0.2) is 23.2 Å². The highest BCUT2D eigenvalue weighted by Crippen LogP contribution is 2.24. The Labute approximate surface area is 203 Å². The lowest BCUT2D eigenvalue weighted by Gasteiger charge is -2.19. The molecule has 0 aliphatic carbocycles. The number of amides is 1. The molecule has 1 unspecified atom stereocenters. The molecule has 3 N–H and O–H groups in total. The number of likely N-dealkylation sites (tertiary alicyclic amines) is 1. The molecule has 0 saturated carbocycles. The number of hydrogen-bond acceptors (Lipinski definition) is 5. The minimum atomic E-state index is 0. The lowest BCUT2D eigenvalue weighted by atomic mass is 10.2. The predicted octanol–water partition coefficient (Wildman–Crippen LogP) is 2.37. The van der Waals surface area contributed by atoms with Crippen molar-refractivity contribution in [2.24, 2.45) is 4.99 Å². The van der Waals surface area contributed by atoms with E-state index in [9.17, 15) is 4.79 Å². The number of ether oxygens (including phenoxy) is 2. The number of guanidine groups is 1. The Bertz CT molecular complexity index is 679. The van der Waals surface area contributed by atoms with Crippen molar-refractivity contribution in [3.05, 3.63) is 23.8 Å². The van der Waals surface area contributed by atoms with Crippen LogP contribution in [0.25, 0.3) is 0 Å². The molecule has 1 atom stereocenters. The SMILES string of the molecule is CCCNC(=O)CCN=C(NCC)NC1CCN(Cc2cc(OC)cc(OC)c2)C1.I. The molecule has 1 fully saturated rings. The summed E-state index contributed by atoms with van der Waals surface area (Å²) >= 11 is 0. The van der Waals surface area contributed by atoms with Crippen LogP contribution in [-0.4, -0.2) is 69.8 Å². The van der Waals surface area contributed by atoms with E-state index in [2.05, 4.69) is 38.0 Å². The van der Waals surface area contributed by atoms with Gasteiger partial charge in [0.1, 0.15) is 11.5 Å². The van der Waals surface area contributed by atoms with Crippen molar-refractivity contribution in [3.8, 4) is 11.5 Å². The molecule has 1 aromatic carbocycles. The molecule has 9 heteroatoms. The third kappa shape index (κ3) is 9.94. The van der Waals surface area contributed by atoms with E-state index >= 15 is 0 Å². The third-order valence-corrected chi connectivity index (χ3v) is 4.96. The molecule has 0 bridgehead atoms. The van der Waals surface area contributed by atoms with Crippen LogP contribution in [0.1, 0.15) is 38.7 Å². The second-order valence-electron chi connectivity index (χ2n) is 7.45. The zero-order valence-corrected chi connectivity index (χ0v) is 21.5. The molecule has 1 saturated heterocycles. The normalized spacial score (nSPS) is 16.4. The van der Waals surface area contributed by atoms with Crippen LogP contribution in [0.3, 0.4) is 0 Å². The third-order valence-electron chi connectivity index (χ3n) is 4.96. The number of halogens is 1. The van der Waals surface area contributed by atoms with Crippen molar-refractivity contribution in [2.45, 2.75) is 45.7 Å². The summed E-state index contributed by atoms with van der Waals surface area (Å²) < 4.78 is 10.8. The van der Waals surface area contributed by atoms with Gasteiger partial charge in [0.2, 0.25) is 5.91 Å². The maximum Gasteiger partial charge on any atom is 0.221 e. The fourth-order valence-electron chi connectivity index (χ4n) is 3.45. The summed E-state index contributed by atoms with van der Waals surface area (Å²) in [7, 11) is 3.34. The highest BCUT2D eigenvalue weighted by atomic mass is 127. The van der Waals surface area contributed by atoms with Crippen LogP contribution < -0.4 is 25.4 Å². The molecule has 1 amide bonds. The minimum Gasteiger partial charge on any atom is -0.497 e. The summed E-state index contributed by atoms with van der Waals surface area (Å²) in [6, 6.07) is 6.32. The van der Waals surface area contributed by atoms with Gasteiger partial charge in [-0.05, 0) is 37.5 Å². The van der Waals surface area contributed by atoms with Gasteiger partial charge in [0.25, 0.3) is 0 Å². The van der Waals surface area contributed by atoms with E-state index in [4.69, 9.17) is 9.47 Å². The van der Waals surface area contributed by atoms with E-state index in [0.29, 0.717) is 19.0 Å². The van der Waals surface area contributed by atoms with Gasteiger partial charge in [-0.2, -0.15) is 0 Å². The first-order valence-corrected chi connectivity index (χ1v) is 10.8. The number of nitrogens with one attached hydrogen (secondary N) is 3. The van der Waals surface area contributed by atoms with Crippen LogP contribution in [0.2, 0.25) is 0 Å². The lowest BCUT2D eigenvalue weighted by Crippen LogP contribution is -2.44. The maximum atomic E-state index is 11.7. The average molecular weight is 547 g/mol. The Kier molecular flexibility index (Phi) is 13.3. The van der Waals surface area contributed by atoms with E-state index in [-0.39, 0.29) is 29.9 Å². The highest BCUT2D eigenvalue weighted by Gasteiger charge is 2.23. The van der Waals surface area contributed by atoms with Crippen molar-refractivity contribution in [2.75, 3.05) is 46.9 Å². The van der Waals surface area contributed by atoms with Crippen molar-refractivity contribution in [1.82, 2.24) is 20.9 Å². The summed E-state index contributed by atoms with van der Waals surface area (Å²) in [4.78, 5) is 18.7. The van der Waals surface area contributed by atoms with Crippen LogP contribution in [0, 0.1) is 0 Å². The van der Waals surface area contributed by atoms with Crippen LogP contribution in [0.5, 0.6) is 11.5 Å². The number of methoxy groups -OCH3 is 2. The highest BCUT2D eigenvalue weighted by molar-refractivity contribution is 14.0. The number of benzene rings is 1. The molecule has 31 heavy (non-hydrogen) atoms. The molecule has 0 radical (unpaired) electrons. The molecular formula is C22H38IN5O3. The molecule has 176 valence electrons. The summed E-state index contributed by atoms with van der Waals surface area (Å²) in [6.45, 7) is 8.86. The molecule has 1 aromatic rings. The van der Waals surface area contributed by atoms with Gasteiger partial charge in [-0.3, -0.25) is 14.7 Å². The standard InChI is InChI=1S/C22H37N5O3.HI/c1-5-9-24-21(28)7-10-25-22(23-6-2)26-18-8-11-27(16-18)15-17-12-19(29-3)14-20(13-17)30-4;/h12-14,18H,5-11,15-16H2,1-4H3,(H,24,28)(H2,23,25,26);1H. The Morgan fingerprint density at radius 2 is 1.87 bits per heavy atom. The molecule has 1 aliphatic heterocycles. The van der Waals surface area contributed by atoms with Gasteiger partial charge in [-0.1, -0.05) is 6.92 Å². The molecule has 0 aromatic heterocycles. The number of hydrogen-bond donors (Lipinski definition) is 3. The number of nitrogens with zero attached hydrogens (tertiary/aromatic N) is 2. The average Bonchev–Trinajstić information content (AvgIpc) is 3.18. The Morgan fingerprint density at radius 1 is 1.16 bits per heavy atom. The van der Waals surface area contributed by atoms with Crippen molar-refractivity contribution < 1.29 is 14.3 Å². The van der Waals surface area contributed by atoms with Crippen LogP contribution in [0.4, 0.5) is 0 Å². The van der Waals surface area contributed by atoms with E-state index in [1.807, 2.05) is 19.9 Å². The van der Waals surface area contributed by atoms with Gasteiger partial charge in [0.05, 0.1) is 20.8 Å². The van der Waals surface area contributed by atoms with Crippen LogP contribution >= 0.6 is 24.0 Å². The largest absolute Gasteiger partial charge is 0.497 e. The van der Waals surface area contributed by atoms with Gasteiger partial charge < -0.3 is 25.4 Å².